The summed E-state index contributed by atoms with van der Waals surface area (Å²) < 4.78 is 4.86. The molecule has 0 spiro atoms. The smallest absolute Gasteiger partial charge is 0.182 e. The van der Waals surface area contributed by atoms with Crippen molar-refractivity contribution < 1.29 is 9.53 Å². The molecule has 0 saturated carbocycles. The highest BCUT2D eigenvalue weighted by atomic mass is 32.1. The van der Waals surface area contributed by atoms with Crippen molar-refractivity contribution in [2.24, 2.45) is 0 Å². The minimum absolute atomic E-state index is 0.112. The van der Waals surface area contributed by atoms with Crippen LogP contribution in [-0.4, -0.2) is 24.5 Å². The quantitative estimate of drug-likeness (QED) is 0.538. The Labute approximate surface area is 81.8 Å². The number of thiazole rings is 1. The van der Waals surface area contributed by atoms with Crippen LogP contribution in [0.4, 0.5) is 0 Å². The number of aryl methyl sites for hydroxylation is 1. The zero-order valence-corrected chi connectivity index (χ0v) is 8.69. The second-order valence-corrected chi connectivity index (χ2v) is 3.83. The standard InChI is InChI=1S/C9H13NO2S/c1-7-10-8(6-13-7)9(11)4-3-5-12-2/h6H,3-5H2,1-2H3. The number of hydrogen-bond acceptors (Lipinski definition) is 4. The Morgan fingerprint density at radius 2 is 2.46 bits per heavy atom. The van der Waals surface area contributed by atoms with Gasteiger partial charge in [-0.05, 0) is 13.3 Å². The fourth-order valence-electron chi connectivity index (χ4n) is 0.997. The van der Waals surface area contributed by atoms with E-state index in [0.717, 1.165) is 11.4 Å². The van der Waals surface area contributed by atoms with Gasteiger partial charge in [0.05, 0.1) is 5.01 Å². The van der Waals surface area contributed by atoms with Gasteiger partial charge in [0.1, 0.15) is 5.69 Å². The molecular formula is C9H13NO2S. The Balaban J connectivity index is 2.40. The van der Waals surface area contributed by atoms with Crippen LogP contribution in [-0.2, 0) is 4.74 Å². The summed E-state index contributed by atoms with van der Waals surface area (Å²) in [5.74, 6) is 0.112. The molecule has 3 nitrogen and oxygen atoms in total. The van der Waals surface area contributed by atoms with Gasteiger partial charge in [-0.15, -0.1) is 11.3 Å². The maximum atomic E-state index is 11.4. The molecule has 1 rings (SSSR count). The lowest BCUT2D eigenvalue weighted by atomic mass is 10.2. The highest BCUT2D eigenvalue weighted by Crippen LogP contribution is 2.10. The maximum Gasteiger partial charge on any atom is 0.182 e. The van der Waals surface area contributed by atoms with Gasteiger partial charge in [0.25, 0.3) is 0 Å². The number of carbonyl (C=O) groups excluding carboxylic acids is 1. The Morgan fingerprint density at radius 1 is 1.69 bits per heavy atom. The topological polar surface area (TPSA) is 39.2 Å². The van der Waals surface area contributed by atoms with Crippen molar-refractivity contribution in [3.8, 4) is 0 Å². The number of rotatable bonds is 5. The number of Topliss-reactive ketones (excluding diaryl/α,β-unsaturated/α-hetero) is 1. The molecule has 0 fully saturated rings. The summed E-state index contributed by atoms with van der Waals surface area (Å²) in [7, 11) is 1.64. The molecule has 0 aliphatic rings. The summed E-state index contributed by atoms with van der Waals surface area (Å²) in [5, 5.41) is 2.75. The number of ether oxygens (including phenoxy) is 1. The predicted octanol–water partition coefficient (Wildman–Crippen LogP) is 2.06. The van der Waals surface area contributed by atoms with Gasteiger partial charge >= 0.3 is 0 Å². The first kappa shape index (κ1) is 10.3. The summed E-state index contributed by atoms with van der Waals surface area (Å²) in [6.07, 6.45) is 1.29. The first-order valence-corrected chi connectivity index (χ1v) is 5.06. The SMILES string of the molecule is COCCCC(=O)c1csc(C)n1. The monoisotopic (exact) mass is 199 g/mol. The largest absolute Gasteiger partial charge is 0.385 e. The van der Waals surface area contributed by atoms with Gasteiger partial charge in [-0.3, -0.25) is 4.79 Å². The van der Waals surface area contributed by atoms with Gasteiger partial charge in [-0.1, -0.05) is 0 Å². The second kappa shape index (κ2) is 5.09. The summed E-state index contributed by atoms with van der Waals surface area (Å²) in [4.78, 5) is 15.5. The van der Waals surface area contributed by atoms with Crippen molar-refractivity contribution in [2.45, 2.75) is 19.8 Å². The third kappa shape index (κ3) is 3.24. The van der Waals surface area contributed by atoms with Gasteiger partial charge in [-0.25, -0.2) is 4.98 Å². The summed E-state index contributed by atoms with van der Waals surface area (Å²) in [6.45, 7) is 2.53. The van der Waals surface area contributed by atoms with E-state index in [0.29, 0.717) is 18.7 Å². The average Bonchev–Trinajstić information content (AvgIpc) is 2.52. The molecule has 1 heterocycles. The molecule has 0 unspecified atom stereocenters. The van der Waals surface area contributed by atoms with Crippen molar-refractivity contribution in [1.29, 1.82) is 0 Å². The molecule has 13 heavy (non-hydrogen) atoms. The van der Waals surface area contributed by atoms with Crippen LogP contribution in [0.5, 0.6) is 0 Å². The normalized spacial score (nSPS) is 10.3. The predicted molar refractivity (Wildman–Crippen MR) is 52.3 cm³/mol. The van der Waals surface area contributed by atoms with Crippen LogP contribution < -0.4 is 0 Å². The molecule has 0 atom stereocenters. The highest BCUT2D eigenvalue weighted by molar-refractivity contribution is 7.09. The lowest BCUT2D eigenvalue weighted by Gasteiger charge is -1.96. The zero-order valence-electron chi connectivity index (χ0n) is 7.87. The molecule has 0 aromatic carbocycles. The number of ketones is 1. The minimum atomic E-state index is 0.112. The first-order chi connectivity index (χ1) is 6.24. The van der Waals surface area contributed by atoms with Crippen LogP contribution in [0.3, 0.4) is 0 Å². The third-order valence-electron chi connectivity index (χ3n) is 1.66. The van der Waals surface area contributed by atoms with E-state index in [1.165, 1.54) is 11.3 Å². The lowest BCUT2D eigenvalue weighted by Crippen LogP contribution is -2.01. The molecule has 0 N–H and O–H groups in total. The highest BCUT2D eigenvalue weighted by Gasteiger charge is 2.08. The van der Waals surface area contributed by atoms with Gasteiger partial charge in [0.15, 0.2) is 5.78 Å². The summed E-state index contributed by atoms with van der Waals surface area (Å²) >= 11 is 1.51. The van der Waals surface area contributed by atoms with E-state index in [-0.39, 0.29) is 5.78 Å². The van der Waals surface area contributed by atoms with Crippen molar-refractivity contribution in [2.75, 3.05) is 13.7 Å². The van der Waals surface area contributed by atoms with Crippen LogP contribution in [0.15, 0.2) is 5.38 Å². The van der Waals surface area contributed by atoms with Crippen molar-refractivity contribution >= 4 is 17.1 Å². The van der Waals surface area contributed by atoms with Gasteiger partial charge in [0, 0.05) is 25.5 Å². The van der Waals surface area contributed by atoms with E-state index in [4.69, 9.17) is 4.74 Å². The lowest BCUT2D eigenvalue weighted by molar-refractivity contribution is 0.0959. The van der Waals surface area contributed by atoms with Crippen molar-refractivity contribution in [3.05, 3.63) is 16.1 Å². The number of nitrogens with zero attached hydrogens (tertiary/aromatic N) is 1. The number of hydrogen-bond donors (Lipinski definition) is 0. The zero-order chi connectivity index (χ0) is 9.68. The Hall–Kier alpha value is -0.740. The van der Waals surface area contributed by atoms with E-state index in [9.17, 15) is 4.79 Å². The van der Waals surface area contributed by atoms with Crippen LogP contribution in [0.25, 0.3) is 0 Å². The van der Waals surface area contributed by atoms with E-state index in [1.807, 2.05) is 12.3 Å². The third-order valence-corrected chi connectivity index (χ3v) is 2.43. The van der Waals surface area contributed by atoms with Crippen LogP contribution in [0.1, 0.15) is 28.3 Å². The molecule has 72 valence electrons. The van der Waals surface area contributed by atoms with Crippen LogP contribution in [0.2, 0.25) is 0 Å². The van der Waals surface area contributed by atoms with Gasteiger partial charge in [-0.2, -0.15) is 0 Å². The Kier molecular flexibility index (Phi) is 4.05. The molecule has 0 aliphatic heterocycles. The Bertz CT molecular complexity index is 283. The summed E-state index contributed by atoms with van der Waals surface area (Å²) in [5.41, 5.74) is 0.596. The second-order valence-electron chi connectivity index (χ2n) is 2.77. The molecular weight excluding hydrogens is 186 g/mol. The molecule has 4 heteroatoms. The summed E-state index contributed by atoms with van der Waals surface area (Å²) in [6, 6.07) is 0. The van der Waals surface area contributed by atoms with Crippen LogP contribution >= 0.6 is 11.3 Å². The molecule has 1 aromatic heterocycles. The van der Waals surface area contributed by atoms with Crippen molar-refractivity contribution in [3.63, 3.8) is 0 Å². The molecule has 0 amide bonds. The number of aromatic nitrogens is 1. The molecule has 0 radical (unpaired) electrons. The first-order valence-electron chi connectivity index (χ1n) is 4.18. The minimum Gasteiger partial charge on any atom is -0.385 e. The van der Waals surface area contributed by atoms with Crippen LogP contribution in [0, 0.1) is 6.92 Å². The maximum absolute atomic E-state index is 11.4. The van der Waals surface area contributed by atoms with E-state index < -0.39 is 0 Å². The van der Waals surface area contributed by atoms with E-state index in [1.54, 1.807) is 7.11 Å². The fraction of sp³-hybridized carbons (Fsp3) is 0.556. The molecule has 0 bridgehead atoms. The number of carbonyl (C=O) groups is 1. The fourth-order valence-corrected chi connectivity index (χ4v) is 1.61. The van der Waals surface area contributed by atoms with E-state index >= 15 is 0 Å². The molecule has 0 aliphatic carbocycles. The average molecular weight is 199 g/mol. The molecule has 0 saturated heterocycles. The Morgan fingerprint density at radius 3 is 3.00 bits per heavy atom. The van der Waals surface area contributed by atoms with E-state index in [2.05, 4.69) is 4.98 Å². The van der Waals surface area contributed by atoms with Crippen molar-refractivity contribution in [1.82, 2.24) is 4.98 Å². The van der Waals surface area contributed by atoms with Gasteiger partial charge < -0.3 is 4.74 Å². The van der Waals surface area contributed by atoms with Gasteiger partial charge in [0.2, 0.25) is 0 Å². The molecule has 1 aromatic rings. The number of methoxy groups -OCH3 is 1.